The summed E-state index contributed by atoms with van der Waals surface area (Å²) < 4.78 is 5.45. The van der Waals surface area contributed by atoms with E-state index in [1.807, 2.05) is 6.92 Å². The average Bonchev–Trinajstić information content (AvgIpc) is 2.52. The van der Waals surface area contributed by atoms with E-state index in [1.165, 1.54) is 0 Å². The number of aliphatic imine (C=N–C) groups is 1. The van der Waals surface area contributed by atoms with E-state index in [2.05, 4.69) is 9.98 Å². The molecule has 0 radical (unpaired) electrons. The van der Waals surface area contributed by atoms with Crippen molar-refractivity contribution in [3.05, 3.63) is 29.0 Å². The van der Waals surface area contributed by atoms with E-state index in [0.29, 0.717) is 17.5 Å². The lowest BCUT2D eigenvalue weighted by molar-refractivity contribution is 0.246. The third-order valence-electron chi connectivity index (χ3n) is 1.76. The molecular weight excluding hydrogens is 188 g/mol. The first-order valence-corrected chi connectivity index (χ1v) is 4.45. The first-order valence-electron chi connectivity index (χ1n) is 4.08. The number of hydrogen-bond acceptors (Lipinski definition) is 3. The highest BCUT2D eigenvalue weighted by molar-refractivity contribution is 6.30. The topological polar surface area (TPSA) is 34.5 Å². The molecule has 1 aromatic rings. The summed E-state index contributed by atoms with van der Waals surface area (Å²) in [4.78, 5) is 8.18. The minimum Gasteiger partial charge on any atom is -0.472 e. The monoisotopic (exact) mass is 196 g/mol. The van der Waals surface area contributed by atoms with Gasteiger partial charge in [-0.3, -0.25) is 4.98 Å². The van der Waals surface area contributed by atoms with Crippen LogP contribution in [0.25, 0.3) is 0 Å². The fourth-order valence-corrected chi connectivity index (χ4v) is 1.34. The van der Waals surface area contributed by atoms with Gasteiger partial charge < -0.3 is 4.74 Å². The van der Waals surface area contributed by atoms with Crippen LogP contribution in [0.4, 0.5) is 0 Å². The molecule has 0 saturated heterocycles. The Labute approximate surface area is 81.4 Å². The van der Waals surface area contributed by atoms with Gasteiger partial charge >= 0.3 is 0 Å². The summed E-state index contributed by atoms with van der Waals surface area (Å²) in [6.07, 6.45) is 3.45. The molecule has 1 atom stereocenters. The predicted molar refractivity (Wildman–Crippen MR) is 51.2 cm³/mol. The van der Waals surface area contributed by atoms with Crippen LogP contribution in [0.3, 0.4) is 0 Å². The summed E-state index contributed by atoms with van der Waals surface area (Å²) in [7, 11) is 0. The molecule has 1 aromatic heterocycles. The van der Waals surface area contributed by atoms with E-state index < -0.39 is 0 Å². The van der Waals surface area contributed by atoms with Crippen LogP contribution in [-0.2, 0) is 4.74 Å². The SMILES string of the molecule is CC1CN=C(c2cncc(Cl)c2)O1. The summed E-state index contributed by atoms with van der Waals surface area (Å²) in [5, 5.41) is 0.600. The highest BCUT2D eigenvalue weighted by Gasteiger charge is 2.16. The van der Waals surface area contributed by atoms with Crippen molar-refractivity contribution in [3.63, 3.8) is 0 Å². The van der Waals surface area contributed by atoms with E-state index in [-0.39, 0.29) is 6.10 Å². The molecule has 0 aromatic carbocycles. The molecule has 0 aliphatic carbocycles. The molecule has 0 saturated carbocycles. The largest absolute Gasteiger partial charge is 0.472 e. The van der Waals surface area contributed by atoms with Crippen LogP contribution in [0.5, 0.6) is 0 Å². The van der Waals surface area contributed by atoms with E-state index in [0.717, 1.165) is 5.56 Å². The third kappa shape index (κ3) is 1.80. The lowest BCUT2D eigenvalue weighted by atomic mass is 10.3. The Balaban J connectivity index is 2.26. The summed E-state index contributed by atoms with van der Waals surface area (Å²) >= 11 is 5.79. The Morgan fingerprint density at radius 1 is 1.54 bits per heavy atom. The van der Waals surface area contributed by atoms with Gasteiger partial charge in [0.1, 0.15) is 6.10 Å². The summed E-state index contributed by atoms with van der Waals surface area (Å²) in [5.41, 5.74) is 0.844. The summed E-state index contributed by atoms with van der Waals surface area (Å²) in [6, 6.07) is 1.80. The summed E-state index contributed by atoms with van der Waals surface area (Å²) in [6.45, 7) is 2.69. The maximum absolute atomic E-state index is 5.79. The van der Waals surface area contributed by atoms with Gasteiger partial charge in [-0.25, -0.2) is 4.99 Å². The number of halogens is 1. The van der Waals surface area contributed by atoms with Crippen molar-refractivity contribution >= 4 is 17.5 Å². The Hall–Kier alpha value is -1.09. The van der Waals surface area contributed by atoms with Gasteiger partial charge in [-0.15, -0.1) is 0 Å². The van der Waals surface area contributed by atoms with Gasteiger partial charge in [0.15, 0.2) is 0 Å². The van der Waals surface area contributed by atoms with Crippen LogP contribution < -0.4 is 0 Å². The van der Waals surface area contributed by atoms with Crippen molar-refractivity contribution in [1.82, 2.24) is 4.98 Å². The average molecular weight is 197 g/mol. The zero-order chi connectivity index (χ0) is 9.26. The van der Waals surface area contributed by atoms with Crippen molar-refractivity contribution in [1.29, 1.82) is 0 Å². The van der Waals surface area contributed by atoms with Gasteiger partial charge in [-0.05, 0) is 13.0 Å². The Kier molecular flexibility index (Phi) is 2.19. The zero-order valence-corrected chi connectivity index (χ0v) is 7.95. The van der Waals surface area contributed by atoms with E-state index in [4.69, 9.17) is 16.3 Å². The second-order valence-electron chi connectivity index (χ2n) is 2.97. The molecular formula is C9H9ClN2O. The van der Waals surface area contributed by atoms with Crippen LogP contribution in [0, 0.1) is 0 Å². The standard InChI is InChI=1S/C9H9ClN2O/c1-6-3-12-9(13-6)7-2-8(10)5-11-4-7/h2,4-6H,3H2,1H3. The van der Waals surface area contributed by atoms with Crippen molar-refractivity contribution < 1.29 is 4.74 Å². The quantitative estimate of drug-likeness (QED) is 0.688. The molecule has 0 fully saturated rings. The van der Waals surface area contributed by atoms with E-state index in [1.54, 1.807) is 18.5 Å². The number of aromatic nitrogens is 1. The Bertz CT molecular complexity index is 351. The first kappa shape index (κ1) is 8.51. The molecule has 4 heteroatoms. The molecule has 1 aliphatic rings. The van der Waals surface area contributed by atoms with Crippen molar-refractivity contribution in [2.24, 2.45) is 4.99 Å². The summed E-state index contributed by atoms with van der Waals surface area (Å²) in [5.74, 6) is 0.641. The number of ether oxygens (including phenoxy) is 1. The molecule has 1 unspecified atom stereocenters. The van der Waals surface area contributed by atoms with Gasteiger partial charge in [-0.2, -0.15) is 0 Å². The molecule has 3 nitrogen and oxygen atoms in total. The van der Waals surface area contributed by atoms with Gasteiger partial charge in [0.25, 0.3) is 0 Å². The highest BCUT2D eigenvalue weighted by Crippen LogP contribution is 2.14. The molecule has 2 rings (SSSR count). The molecule has 0 amide bonds. The zero-order valence-electron chi connectivity index (χ0n) is 7.20. The molecule has 68 valence electrons. The lowest BCUT2D eigenvalue weighted by Crippen LogP contribution is -2.08. The second kappa shape index (κ2) is 3.34. The molecule has 0 N–H and O–H groups in total. The van der Waals surface area contributed by atoms with E-state index >= 15 is 0 Å². The minimum atomic E-state index is 0.161. The minimum absolute atomic E-state index is 0.161. The third-order valence-corrected chi connectivity index (χ3v) is 1.96. The van der Waals surface area contributed by atoms with Crippen LogP contribution in [0.2, 0.25) is 5.02 Å². The maximum atomic E-state index is 5.79. The van der Waals surface area contributed by atoms with Gasteiger partial charge in [0.2, 0.25) is 5.90 Å². The smallest absolute Gasteiger partial charge is 0.218 e. The Morgan fingerprint density at radius 2 is 2.38 bits per heavy atom. The maximum Gasteiger partial charge on any atom is 0.218 e. The second-order valence-corrected chi connectivity index (χ2v) is 3.40. The van der Waals surface area contributed by atoms with Gasteiger partial charge in [0, 0.05) is 12.4 Å². The molecule has 13 heavy (non-hydrogen) atoms. The molecule has 0 spiro atoms. The fraction of sp³-hybridized carbons (Fsp3) is 0.333. The van der Waals surface area contributed by atoms with Crippen molar-refractivity contribution in [2.75, 3.05) is 6.54 Å². The lowest BCUT2D eigenvalue weighted by Gasteiger charge is -2.04. The van der Waals surface area contributed by atoms with Gasteiger partial charge in [-0.1, -0.05) is 11.6 Å². The fourth-order valence-electron chi connectivity index (χ4n) is 1.16. The van der Waals surface area contributed by atoms with Crippen molar-refractivity contribution in [2.45, 2.75) is 13.0 Å². The highest BCUT2D eigenvalue weighted by atomic mass is 35.5. The van der Waals surface area contributed by atoms with Crippen LogP contribution >= 0.6 is 11.6 Å². The van der Waals surface area contributed by atoms with Crippen LogP contribution in [0.1, 0.15) is 12.5 Å². The van der Waals surface area contributed by atoms with Gasteiger partial charge in [0.05, 0.1) is 17.1 Å². The van der Waals surface area contributed by atoms with E-state index in [9.17, 15) is 0 Å². The number of nitrogens with zero attached hydrogens (tertiary/aromatic N) is 2. The van der Waals surface area contributed by atoms with Crippen LogP contribution in [0.15, 0.2) is 23.5 Å². The number of hydrogen-bond donors (Lipinski definition) is 0. The molecule has 0 bridgehead atoms. The molecule has 2 heterocycles. The number of pyridine rings is 1. The normalized spacial score (nSPS) is 21.1. The first-order chi connectivity index (χ1) is 6.25. The number of rotatable bonds is 1. The Morgan fingerprint density at radius 3 is 3.00 bits per heavy atom. The predicted octanol–water partition coefficient (Wildman–Crippen LogP) is 1.90. The van der Waals surface area contributed by atoms with Crippen LogP contribution in [-0.4, -0.2) is 23.5 Å². The molecule has 1 aliphatic heterocycles. The van der Waals surface area contributed by atoms with Crippen molar-refractivity contribution in [3.8, 4) is 0 Å².